The Bertz CT molecular complexity index is 361. The van der Waals surface area contributed by atoms with Crippen LogP contribution in [0.2, 0.25) is 5.02 Å². The molecule has 2 nitrogen and oxygen atoms in total. The van der Waals surface area contributed by atoms with E-state index in [9.17, 15) is 0 Å². The highest BCUT2D eigenvalue weighted by atomic mass is 35.5. The van der Waals surface area contributed by atoms with Gasteiger partial charge in [0.05, 0.1) is 0 Å². The van der Waals surface area contributed by atoms with E-state index in [1.165, 1.54) is 11.1 Å². The van der Waals surface area contributed by atoms with Crippen LogP contribution in [0.25, 0.3) is 0 Å². The van der Waals surface area contributed by atoms with Crippen LogP contribution in [0.15, 0.2) is 18.2 Å². The van der Waals surface area contributed by atoms with Crippen molar-refractivity contribution in [2.45, 2.75) is 39.7 Å². The number of hydrogen-bond donors (Lipinski definition) is 1. The summed E-state index contributed by atoms with van der Waals surface area (Å²) in [5, 5.41) is 4.45. The van der Waals surface area contributed by atoms with Gasteiger partial charge in [0.1, 0.15) is 0 Å². The van der Waals surface area contributed by atoms with Gasteiger partial charge in [-0.3, -0.25) is 0 Å². The smallest absolute Gasteiger partial charge is 0.0465 e. The van der Waals surface area contributed by atoms with Gasteiger partial charge in [-0.15, -0.1) is 0 Å². The molecule has 0 fully saturated rings. The van der Waals surface area contributed by atoms with Crippen LogP contribution in [-0.2, 0) is 4.74 Å². The molecule has 0 heterocycles. The minimum atomic E-state index is 0.340. The SMILES string of the molecule is CCCNC(c1cc(C)cc(Cl)c1)C(C)CCOC. The second kappa shape index (κ2) is 8.57. The van der Waals surface area contributed by atoms with Gasteiger partial charge in [0.25, 0.3) is 0 Å². The third kappa shape index (κ3) is 5.52. The lowest BCUT2D eigenvalue weighted by molar-refractivity contribution is 0.170. The molecule has 0 aliphatic heterocycles. The number of nitrogens with one attached hydrogen (secondary N) is 1. The maximum Gasteiger partial charge on any atom is 0.0465 e. The Balaban J connectivity index is 2.87. The van der Waals surface area contributed by atoms with Crippen LogP contribution in [-0.4, -0.2) is 20.3 Å². The second-order valence-electron chi connectivity index (χ2n) is 5.25. The van der Waals surface area contributed by atoms with E-state index in [-0.39, 0.29) is 0 Å². The average Bonchev–Trinajstić information content (AvgIpc) is 2.35. The van der Waals surface area contributed by atoms with Crippen molar-refractivity contribution < 1.29 is 4.74 Å². The molecule has 0 aromatic heterocycles. The van der Waals surface area contributed by atoms with Crippen LogP contribution in [0.1, 0.15) is 43.9 Å². The maximum atomic E-state index is 6.18. The average molecular weight is 284 g/mol. The lowest BCUT2D eigenvalue weighted by Gasteiger charge is -2.26. The summed E-state index contributed by atoms with van der Waals surface area (Å²) >= 11 is 6.18. The van der Waals surface area contributed by atoms with Gasteiger partial charge < -0.3 is 10.1 Å². The summed E-state index contributed by atoms with van der Waals surface area (Å²) in [6.45, 7) is 8.36. The summed E-state index contributed by atoms with van der Waals surface area (Å²) in [4.78, 5) is 0. The molecular weight excluding hydrogens is 258 g/mol. The molecule has 1 N–H and O–H groups in total. The largest absolute Gasteiger partial charge is 0.385 e. The molecule has 1 rings (SSSR count). The molecule has 0 aliphatic carbocycles. The van der Waals surface area contributed by atoms with Crippen molar-refractivity contribution in [3.05, 3.63) is 34.3 Å². The van der Waals surface area contributed by atoms with E-state index in [1.807, 2.05) is 6.07 Å². The molecule has 0 bridgehead atoms. The summed E-state index contributed by atoms with van der Waals surface area (Å²) < 4.78 is 5.20. The van der Waals surface area contributed by atoms with Gasteiger partial charge in [0.2, 0.25) is 0 Å². The first-order valence-corrected chi connectivity index (χ1v) is 7.45. The summed E-state index contributed by atoms with van der Waals surface area (Å²) in [5.74, 6) is 0.518. The van der Waals surface area contributed by atoms with Gasteiger partial charge in [-0.1, -0.05) is 31.5 Å². The fourth-order valence-corrected chi connectivity index (χ4v) is 2.66. The van der Waals surface area contributed by atoms with E-state index in [0.717, 1.165) is 31.0 Å². The number of hydrogen-bond acceptors (Lipinski definition) is 2. The fraction of sp³-hybridized carbons (Fsp3) is 0.625. The minimum absolute atomic E-state index is 0.340. The Morgan fingerprint density at radius 1 is 1.32 bits per heavy atom. The highest BCUT2D eigenvalue weighted by Crippen LogP contribution is 2.27. The van der Waals surface area contributed by atoms with Gasteiger partial charge in [-0.05, 0) is 55.5 Å². The van der Waals surface area contributed by atoms with Crippen LogP contribution in [0.5, 0.6) is 0 Å². The van der Waals surface area contributed by atoms with Gasteiger partial charge in [-0.25, -0.2) is 0 Å². The summed E-state index contributed by atoms with van der Waals surface area (Å²) in [6, 6.07) is 6.64. The maximum absolute atomic E-state index is 6.18. The molecule has 2 unspecified atom stereocenters. The molecule has 0 aliphatic rings. The zero-order valence-corrected chi connectivity index (χ0v) is 13.3. The van der Waals surface area contributed by atoms with Gasteiger partial charge in [0.15, 0.2) is 0 Å². The van der Waals surface area contributed by atoms with Crippen molar-refractivity contribution in [2.75, 3.05) is 20.3 Å². The van der Waals surface area contributed by atoms with Crippen molar-refractivity contribution in [1.82, 2.24) is 5.32 Å². The number of methoxy groups -OCH3 is 1. The molecule has 0 spiro atoms. The number of rotatable bonds is 8. The van der Waals surface area contributed by atoms with Crippen molar-refractivity contribution in [2.24, 2.45) is 5.92 Å². The van der Waals surface area contributed by atoms with E-state index in [0.29, 0.717) is 12.0 Å². The number of aryl methyl sites for hydroxylation is 1. The Hall–Kier alpha value is -0.570. The zero-order chi connectivity index (χ0) is 14.3. The Kier molecular flexibility index (Phi) is 7.44. The van der Waals surface area contributed by atoms with Crippen molar-refractivity contribution in [1.29, 1.82) is 0 Å². The van der Waals surface area contributed by atoms with Gasteiger partial charge >= 0.3 is 0 Å². The van der Waals surface area contributed by atoms with Crippen LogP contribution >= 0.6 is 11.6 Å². The molecule has 2 atom stereocenters. The van der Waals surface area contributed by atoms with E-state index in [4.69, 9.17) is 16.3 Å². The summed E-state index contributed by atoms with van der Waals surface area (Å²) in [6.07, 6.45) is 2.18. The first kappa shape index (κ1) is 16.5. The highest BCUT2D eigenvalue weighted by molar-refractivity contribution is 6.30. The van der Waals surface area contributed by atoms with E-state index in [2.05, 4.69) is 38.2 Å². The normalized spacial score (nSPS) is 14.4. The van der Waals surface area contributed by atoms with Crippen LogP contribution < -0.4 is 5.32 Å². The first-order valence-electron chi connectivity index (χ1n) is 7.07. The van der Waals surface area contributed by atoms with Crippen molar-refractivity contribution in [3.63, 3.8) is 0 Å². The van der Waals surface area contributed by atoms with E-state index < -0.39 is 0 Å². The Morgan fingerprint density at radius 2 is 2.05 bits per heavy atom. The molecule has 1 aromatic rings. The van der Waals surface area contributed by atoms with Crippen LogP contribution in [0.4, 0.5) is 0 Å². The molecule has 0 saturated heterocycles. The molecule has 0 saturated carbocycles. The first-order chi connectivity index (χ1) is 9.08. The standard InChI is InChI=1S/C16H26ClNO/c1-5-7-18-16(13(3)6-8-19-4)14-9-12(2)10-15(17)11-14/h9-11,13,16,18H,5-8H2,1-4H3. The number of benzene rings is 1. The second-order valence-corrected chi connectivity index (χ2v) is 5.69. The lowest BCUT2D eigenvalue weighted by Crippen LogP contribution is -2.28. The fourth-order valence-electron chi connectivity index (χ4n) is 2.36. The number of halogens is 1. The van der Waals surface area contributed by atoms with Gasteiger partial charge in [-0.2, -0.15) is 0 Å². The lowest BCUT2D eigenvalue weighted by atomic mass is 9.91. The zero-order valence-electron chi connectivity index (χ0n) is 12.5. The molecule has 19 heavy (non-hydrogen) atoms. The molecule has 0 amide bonds. The minimum Gasteiger partial charge on any atom is -0.385 e. The monoisotopic (exact) mass is 283 g/mol. The summed E-state index contributed by atoms with van der Waals surface area (Å²) in [7, 11) is 1.75. The van der Waals surface area contributed by atoms with Crippen molar-refractivity contribution in [3.8, 4) is 0 Å². The van der Waals surface area contributed by atoms with E-state index >= 15 is 0 Å². The third-order valence-corrected chi connectivity index (χ3v) is 3.60. The van der Waals surface area contributed by atoms with Crippen LogP contribution in [0.3, 0.4) is 0 Å². The quantitative estimate of drug-likeness (QED) is 0.765. The van der Waals surface area contributed by atoms with Crippen LogP contribution in [0, 0.1) is 12.8 Å². The molecule has 0 radical (unpaired) electrons. The Labute approximate surface area is 122 Å². The predicted octanol–water partition coefficient (Wildman–Crippen LogP) is 4.36. The van der Waals surface area contributed by atoms with Crippen molar-refractivity contribution >= 4 is 11.6 Å². The third-order valence-electron chi connectivity index (χ3n) is 3.38. The topological polar surface area (TPSA) is 21.3 Å². The Morgan fingerprint density at radius 3 is 2.63 bits per heavy atom. The molecular formula is C16H26ClNO. The van der Waals surface area contributed by atoms with Gasteiger partial charge in [0, 0.05) is 24.8 Å². The highest BCUT2D eigenvalue weighted by Gasteiger charge is 2.19. The number of ether oxygens (including phenoxy) is 1. The molecule has 108 valence electrons. The predicted molar refractivity (Wildman–Crippen MR) is 82.9 cm³/mol. The van der Waals surface area contributed by atoms with E-state index in [1.54, 1.807) is 7.11 Å². The summed E-state index contributed by atoms with van der Waals surface area (Å²) in [5.41, 5.74) is 2.49. The molecule has 1 aromatic carbocycles. The molecule has 3 heteroatoms.